The van der Waals surface area contributed by atoms with Gasteiger partial charge in [0.2, 0.25) is 0 Å². The van der Waals surface area contributed by atoms with Gasteiger partial charge in [0.25, 0.3) is 0 Å². The Morgan fingerprint density at radius 2 is 1.22 bits per heavy atom. The van der Waals surface area contributed by atoms with Crippen molar-refractivity contribution in [2.45, 2.75) is 6.92 Å². The molecule has 23 heavy (non-hydrogen) atoms. The Hall–Kier alpha value is -2.31. The molecule has 0 aliphatic heterocycles. The van der Waals surface area contributed by atoms with E-state index in [0.717, 1.165) is 16.4 Å². The molecule has 0 spiro atoms. The average Bonchev–Trinajstić information content (AvgIpc) is 2.62. The van der Waals surface area contributed by atoms with E-state index in [1.54, 1.807) is 0 Å². The largest absolute Gasteiger partial charge is 0.485 e. The SMILES string of the molecule is Cc1ccc(OCP(=O)(c2ccccc2)c2ccccc2)cc1. The van der Waals surface area contributed by atoms with Crippen LogP contribution in [-0.4, -0.2) is 6.35 Å². The van der Waals surface area contributed by atoms with Crippen LogP contribution < -0.4 is 15.3 Å². The lowest BCUT2D eigenvalue weighted by Crippen LogP contribution is -2.20. The minimum Gasteiger partial charge on any atom is -0.485 e. The third-order valence-electron chi connectivity index (χ3n) is 3.78. The Labute approximate surface area is 137 Å². The van der Waals surface area contributed by atoms with Gasteiger partial charge >= 0.3 is 0 Å². The highest BCUT2D eigenvalue weighted by atomic mass is 31.2. The molecule has 3 rings (SSSR count). The lowest BCUT2D eigenvalue weighted by atomic mass is 10.2. The Balaban J connectivity index is 1.93. The fourth-order valence-electron chi connectivity index (χ4n) is 2.44. The molecule has 0 atom stereocenters. The highest BCUT2D eigenvalue weighted by molar-refractivity contribution is 7.78. The molecule has 0 fully saturated rings. The molecule has 0 aliphatic rings. The molecule has 0 aromatic heterocycles. The fourth-order valence-corrected chi connectivity index (χ4v) is 4.67. The van der Waals surface area contributed by atoms with Crippen LogP contribution in [0.1, 0.15) is 5.56 Å². The maximum atomic E-state index is 13.7. The van der Waals surface area contributed by atoms with Crippen LogP contribution >= 0.6 is 7.14 Å². The van der Waals surface area contributed by atoms with Crippen LogP contribution in [0.5, 0.6) is 5.75 Å². The topological polar surface area (TPSA) is 26.3 Å². The van der Waals surface area contributed by atoms with Crippen molar-refractivity contribution in [3.8, 4) is 5.75 Å². The van der Waals surface area contributed by atoms with Crippen molar-refractivity contribution in [1.82, 2.24) is 0 Å². The first-order valence-electron chi connectivity index (χ1n) is 7.58. The third-order valence-corrected chi connectivity index (χ3v) is 6.54. The standard InChI is InChI=1S/C20H19O2P/c1-17-12-14-18(15-13-17)22-16-23(21,19-8-4-2-5-9-19)20-10-6-3-7-11-20/h2-15H,16H2,1H3. The van der Waals surface area contributed by atoms with Gasteiger partial charge in [0.1, 0.15) is 12.1 Å². The maximum absolute atomic E-state index is 13.7. The number of aryl methyl sites for hydroxylation is 1. The van der Waals surface area contributed by atoms with Crippen molar-refractivity contribution >= 4 is 17.8 Å². The quantitative estimate of drug-likeness (QED) is 0.653. The minimum absolute atomic E-state index is 0.157. The number of hydrogen-bond acceptors (Lipinski definition) is 2. The predicted octanol–water partition coefficient (Wildman–Crippen LogP) is 4.35. The van der Waals surface area contributed by atoms with Crippen LogP contribution in [0.2, 0.25) is 0 Å². The molecule has 0 unspecified atom stereocenters. The zero-order valence-corrected chi connectivity index (χ0v) is 13.9. The fraction of sp³-hybridized carbons (Fsp3) is 0.100. The predicted molar refractivity (Wildman–Crippen MR) is 96.4 cm³/mol. The summed E-state index contributed by atoms with van der Waals surface area (Å²) in [5.41, 5.74) is 1.17. The van der Waals surface area contributed by atoms with Gasteiger partial charge in [-0.05, 0) is 19.1 Å². The second-order valence-corrected chi connectivity index (χ2v) is 8.27. The molecule has 0 radical (unpaired) electrons. The molecule has 0 bridgehead atoms. The summed E-state index contributed by atoms with van der Waals surface area (Å²) in [6.07, 6.45) is 0.157. The summed E-state index contributed by atoms with van der Waals surface area (Å²) in [6, 6.07) is 27.0. The van der Waals surface area contributed by atoms with Gasteiger partial charge in [-0.2, -0.15) is 0 Å². The van der Waals surface area contributed by atoms with Crippen LogP contribution in [0.3, 0.4) is 0 Å². The van der Waals surface area contributed by atoms with E-state index in [2.05, 4.69) is 0 Å². The maximum Gasteiger partial charge on any atom is 0.178 e. The second kappa shape index (κ2) is 6.85. The van der Waals surface area contributed by atoms with E-state index < -0.39 is 7.14 Å². The summed E-state index contributed by atoms with van der Waals surface area (Å²) in [4.78, 5) is 0. The van der Waals surface area contributed by atoms with Crippen molar-refractivity contribution in [2.75, 3.05) is 6.35 Å². The average molecular weight is 322 g/mol. The van der Waals surface area contributed by atoms with Gasteiger partial charge in [-0.25, -0.2) is 0 Å². The van der Waals surface area contributed by atoms with Crippen LogP contribution in [0.4, 0.5) is 0 Å². The third kappa shape index (κ3) is 3.55. The van der Waals surface area contributed by atoms with Gasteiger partial charge in [-0.3, -0.25) is 0 Å². The van der Waals surface area contributed by atoms with E-state index in [9.17, 15) is 4.57 Å². The highest BCUT2D eigenvalue weighted by Crippen LogP contribution is 2.43. The molecule has 0 saturated carbocycles. The van der Waals surface area contributed by atoms with Gasteiger partial charge in [-0.15, -0.1) is 0 Å². The molecular formula is C20H19O2P. The highest BCUT2D eigenvalue weighted by Gasteiger charge is 2.28. The van der Waals surface area contributed by atoms with Crippen molar-refractivity contribution < 1.29 is 9.30 Å². The smallest absolute Gasteiger partial charge is 0.178 e. The van der Waals surface area contributed by atoms with Gasteiger partial charge in [0.05, 0.1) is 0 Å². The summed E-state index contributed by atoms with van der Waals surface area (Å²) in [5, 5.41) is 1.64. The molecule has 0 aliphatic carbocycles. The first kappa shape index (κ1) is 15.6. The molecule has 0 heterocycles. The molecule has 3 aromatic carbocycles. The van der Waals surface area contributed by atoms with E-state index in [1.807, 2.05) is 91.9 Å². The minimum atomic E-state index is -2.82. The lowest BCUT2D eigenvalue weighted by molar-refractivity contribution is 0.380. The Bertz CT molecular complexity index is 753. The number of benzene rings is 3. The number of rotatable bonds is 5. The van der Waals surface area contributed by atoms with E-state index in [1.165, 1.54) is 5.56 Å². The van der Waals surface area contributed by atoms with Crippen LogP contribution in [0, 0.1) is 6.92 Å². The van der Waals surface area contributed by atoms with Gasteiger partial charge in [0.15, 0.2) is 7.14 Å². The second-order valence-electron chi connectivity index (χ2n) is 5.50. The Morgan fingerprint density at radius 1 is 0.739 bits per heavy atom. The molecule has 116 valence electrons. The molecule has 0 saturated heterocycles. The summed E-state index contributed by atoms with van der Waals surface area (Å²) in [7, 11) is -2.82. The number of ether oxygens (including phenoxy) is 1. The molecule has 0 N–H and O–H groups in total. The number of hydrogen-bond donors (Lipinski definition) is 0. The van der Waals surface area contributed by atoms with E-state index in [-0.39, 0.29) is 6.35 Å². The van der Waals surface area contributed by atoms with Crippen LogP contribution in [0.25, 0.3) is 0 Å². The first-order chi connectivity index (χ1) is 11.2. The van der Waals surface area contributed by atoms with Crippen LogP contribution in [0.15, 0.2) is 84.9 Å². The molecule has 2 nitrogen and oxygen atoms in total. The van der Waals surface area contributed by atoms with Crippen molar-refractivity contribution in [2.24, 2.45) is 0 Å². The van der Waals surface area contributed by atoms with E-state index in [4.69, 9.17) is 4.74 Å². The molecule has 0 amide bonds. The van der Waals surface area contributed by atoms with Crippen LogP contribution in [-0.2, 0) is 4.57 Å². The van der Waals surface area contributed by atoms with E-state index >= 15 is 0 Å². The normalized spacial score (nSPS) is 11.2. The van der Waals surface area contributed by atoms with E-state index in [0.29, 0.717) is 0 Å². The Kier molecular flexibility index (Phi) is 4.64. The Morgan fingerprint density at radius 3 is 1.70 bits per heavy atom. The summed E-state index contributed by atoms with van der Waals surface area (Å²) < 4.78 is 19.6. The first-order valence-corrected chi connectivity index (χ1v) is 9.47. The molecule has 3 aromatic rings. The molecular weight excluding hydrogens is 303 g/mol. The summed E-state index contributed by atoms with van der Waals surface area (Å²) in [6.45, 7) is 2.03. The van der Waals surface area contributed by atoms with Gasteiger partial charge in [0, 0.05) is 10.6 Å². The monoisotopic (exact) mass is 322 g/mol. The summed E-state index contributed by atoms with van der Waals surface area (Å²) >= 11 is 0. The summed E-state index contributed by atoms with van der Waals surface area (Å²) in [5.74, 6) is 0.739. The zero-order chi connectivity index (χ0) is 16.1. The van der Waals surface area contributed by atoms with Gasteiger partial charge in [-0.1, -0.05) is 78.4 Å². The van der Waals surface area contributed by atoms with Crippen molar-refractivity contribution in [3.05, 3.63) is 90.5 Å². The van der Waals surface area contributed by atoms with Crippen molar-refractivity contribution in [3.63, 3.8) is 0 Å². The van der Waals surface area contributed by atoms with Crippen molar-refractivity contribution in [1.29, 1.82) is 0 Å². The zero-order valence-electron chi connectivity index (χ0n) is 13.1. The lowest BCUT2D eigenvalue weighted by Gasteiger charge is -2.20. The molecule has 3 heteroatoms. The van der Waals surface area contributed by atoms with Gasteiger partial charge < -0.3 is 9.30 Å².